The molecule has 150 valence electrons. The van der Waals surface area contributed by atoms with E-state index in [4.69, 9.17) is 0 Å². The van der Waals surface area contributed by atoms with Gasteiger partial charge in [0.05, 0.1) is 0 Å². The van der Waals surface area contributed by atoms with Gasteiger partial charge in [0.15, 0.2) is 0 Å². The van der Waals surface area contributed by atoms with Gasteiger partial charge in [-0.25, -0.2) is 14.4 Å². The van der Waals surface area contributed by atoms with E-state index in [-0.39, 0.29) is 11.7 Å². The number of aromatic nitrogens is 2. The Morgan fingerprint density at radius 2 is 1.75 bits per heavy atom. The average Bonchev–Trinajstić information content (AvgIpc) is 2.68. The van der Waals surface area contributed by atoms with Crippen LogP contribution in [0.15, 0.2) is 30.3 Å². The monoisotopic (exact) mass is 385 g/mol. The van der Waals surface area contributed by atoms with E-state index in [1.54, 1.807) is 18.2 Å². The summed E-state index contributed by atoms with van der Waals surface area (Å²) >= 11 is 0. The molecule has 2 heterocycles. The minimum atomic E-state index is -0.227. The molecule has 1 aliphatic rings. The maximum Gasteiger partial charge on any atom is 0.270 e. The van der Waals surface area contributed by atoms with Crippen LogP contribution in [0.4, 0.5) is 16.0 Å². The molecule has 0 atom stereocenters. The van der Waals surface area contributed by atoms with Crippen LogP contribution in [0.5, 0.6) is 0 Å². The van der Waals surface area contributed by atoms with Gasteiger partial charge in [-0.3, -0.25) is 4.79 Å². The van der Waals surface area contributed by atoms with Crippen molar-refractivity contribution in [3.05, 3.63) is 47.5 Å². The molecule has 0 aliphatic carbocycles. The molecular weight excluding hydrogens is 357 g/mol. The van der Waals surface area contributed by atoms with Crippen LogP contribution in [0, 0.1) is 18.7 Å². The third-order valence-electron chi connectivity index (χ3n) is 4.84. The quantitative estimate of drug-likeness (QED) is 0.828. The zero-order chi connectivity index (χ0) is 20.1. The Morgan fingerprint density at radius 3 is 2.39 bits per heavy atom. The number of amides is 1. The van der Waals surface area contributed by atoms with Crippen LogP contribution in [-0.4, -0.2) is 48.6 Å². The molecule has 1 saturated heterocycles. The second kappa shape index (κ2) is 8.99. The molecule has 6 nitrogen and oxygen atoms in total. The highest BCUT2D eigenvalue weighted by Crippen LogP contribution is 2.19. The number of carbonyl (C=O) groups is 1. The number of halogens is 1. The Morgan fingerprint density at radius 1 is 1.11 bits per heavy atom. The predicted molar refractivity (Wildman–Crippen MR) is 109 cm³/mol. The lowest BCUT2D eigenvalue weighted by Crippen LogP contribution is -2.47. The van der Waals surface area contributed by atoms with Crippen LogP contribution in [0.25, 0.3) is 0 Å². The van der Waals surface area contributed by atoms with Gasteiger partial charge in [-0.15, -0.1) is 0 Å². The molecule has 0 saturated carbocycles. The molecule has 1 aromatic heterocycles. The zero-order valence-electron chi connectivity index (χ0n) is 16.8. The lowest BCUT2D eigenvalue weighted by molar-refractivity contribution is 0.0946. The zero-order valence-corrected chi connectivity index (χ0v) is 16.8. The summed E-state index contributed by atoms with van der Waals surface area (Å²) in [5, 5.41) is 2.93. The van der Waals surface area contributed by atoms with Crippen molar-refractivity contribution in [1.29, 1.82) is 0 Å². The van der Waals surface area contributed by atoms with E-state index in [2.05, 4.69) is 38.9 Å². The van der Waals surface area contributed by atoms with E-state index < -0.39 is 0 Å². The van der Waals surface area contributed by atoms with Crippen LogP contribution in [0.2, 0.25) is 0 Å². The third kappa shape index (κ3) is 5.18. The van der Waals surface area contributed by atoms with Crippen molar-refractivity contribution in [1.82, 2.24) is 15.3 Å². The molecule has 1 amide bonds. The summed E-state index contributed by atoms with van der Waals surface area (Å²) < 4.78 is 13.1. The molecule has 1 N–H and O–H groups in total. The van der Waals surface area contributed by atoms with Crippen molar-refractivity contribution in [3.63, 3.8) is 0 Å². The minimum absolute atomic E-state index is 0.155. The minimum Gasteiger partial charge on any atom is -0.368 e. The molecule has 2 aromatic rings. The van der Waals surface area contributed by atoms with Crippen LogP contribution in [0.1, 0.15) is 36.5 Å². The Hall–Kier alpha value is -2.70. The van der Waals surface area contributed by atoms with E-state index in [0.29, 0.717) is 24.1 Å². The number of piperazine rings is 1. The first-order valence-electron chi connectivity index (χ1n) is 9.81. The van der Waals surface area contributed by atoms with E-state index in [1.165, 1.54) is 12.1 Å². The van der Waals surface area contributed by atoms with E-state index in [0.717, 1.165) is 44.0 Å². The van der Waals surface area contributed by atoms with E-state index in [1.807, 2.05) is 6.92 Å². The van der Waals surface area contributed by atoms with Crippen molar-refractivity contribution in [2.45, 2.75) is 27.2 Å². The first-order valence-corrected chi connectivity index (χ1v) is 9.81. The van der Waals surface area contributed by atoms with Gasteiger partial charge in [0.2, 0.25) is 5.95 Å². The molecule has 1 fully saturated rings. The molecule has 0 radical (unpaired) electrons. The number of anilines is 2. The average molecular weight is 385 g/mol. The number of hydrogen-bond donors (Lipinski definition) is 1. The summed E-state index contributed by atoms with van der Waals surface area (Å²) in [6.07, 6.45) is 0.939. The highest BCUT2D eigenvalue weighted by atomic mass is 19.1. The summed E-state index contributed by atoms with van der Waals surface area (Å²) in [6, 6.07) is 8.29. The van der Waals surface area contributed by atoms with Gasteiger partial charge >= 0.3 is 0 Å². The SMILES string of the molecule is Cc1cc(C(=O)NCCC(C)C)nc(N2CCN(c3ccc(F)cc3)CC2)n1. The maximum absolute atomic E-state index is 13.1. The lowest BCUT2D eigenvalue weighted by atomic mass is 10.1. The van der Waals surface area contributed by atoms with Crippen LogP contribution in [0.3, 0.4) is 0 Å². The molecule has 0 spiro atoms. The van der Waals surface area contributed by atoms with Gasteiger partial charge in [-0.1, -0.05) is 13.8 Å². The first kappa shape index (κ1) is 20.0. The second-order valence-corrected chi connectivity index (χ2v) is 7.58. The van der Waals surface area contributed by atoms with Gasteiger partial charge < -0.3 is 15.1 Å². The summed E-state index contributed by atoms with van der Waals surface area (Å²) in [7, 11) is 0. The smallest absolute Gasteiger partial charge is 0.270 e. The summed E-state index contributed by atoms with van der Waals surface area (Å²) in [4.78, 5) is 25.8. The second-order valence-electron chi connectivity index (χ2n) is 7.58. The molecule has 7 heteroatoms. The molecule has 1 aliphatic heterocycles. The van der Waals surface area contributed by atoms with Crippen LogP contribution in [-0.2, 0) is 0 Å². The largest absolute Gasteiger partial charge is 0.368 e. The number of rotatable bonds is 6. The summed E-state index contributed by atoms with van der Waals surface area (Å²) in [6.45, 7) is 9.85. The van der Waals surface area contributed by atoms with Crippen molar-refractivity contribution in [2.75, 3.05) is 42.5 Å². The lowest BCUT2D eigenvalue weighted by Gasteiger charge is -2.36. The van der Waals surface area contributed by atoms with Crippen LogP contribution < -0.4 is 15.1 Å². The third-order valence-corrected chi connectivity index (χ3v) is 4.84. The van der Waals surface area contributed by atoms with Crippen molar-refractivity contribution < 1.29 is 9.18 Å². The Bertz CT molecular complexity index is 801. The van der Waals surface area contributed by atoms with Crippen molar-refractivity contribution in [3.8, 4) is 0 Å². The Labute approximate surface area is 165 Å². The first-order chi connectivity index (χ1) is 13.4. The number of nitrogens with one attached hydrogen (secondary N) is 1. The van der Waals surface area contributed by atoms with Crippen molar-refractivity contribution in [2.24, 2.45) is 5.92 Å². The highest BCUT2D eigenvalue weighted by molar-refractivity contribution is 5.92. The fourth-order valence-electron chi connectivity index (χ4n) is 3.19. The van der Waals surface area contributed by atoms with E-state index >= 15 is 0 Å². The number of benzene rings is 1. The topological polar surface area (TPSA) is 61.4 Å². The molecule has 1 aromatic carbocycles. The molecular formula is C21H28FN5O. The predicted octanol–water partition coefficient (Wildman–Crippen LogP) is 3.03. The molecule has 0 unspecified atom stereocenters. The number of carbonyl (C=O) groups excluding carboxylic acids is 1. The highest BCUT2D eigenvalue weighted by Gasteiger charge is 2.21. The van der Waals surface area contributed by atoms with Gasteiger partial charge in [0.25, 0.3) is 5.91 Å². The summed E-state index contributed by atoms with van der Waals surface area (Å²) in [5.74, 6) is 0.750. The standard InChI is InChI=1S/C21H28FN5O/c1-15(2)8-9-23-20(28)19-14-16(3)24-21(25-19)27-12-10-26(11-13-27)18-6-4-17(22)5-7-18/h4-7,14-15H,8-13H2,1-3H3,(H,23,28). The fourth-order valence-corrected chi connectivity index (χ4v) is 3.19. The van der Waals surface area contributed by atoms with Crippen molar-refractivity contribution >= 4 is 17.5 Å². The Balaban J connectivity index is 1.63. The van der Waals surface area contributed by atoms with Gasteiger partial charge in [-0.05, 0) is 49.6 Å². The molecule has 3 rings (SSSR count). The molecule has 28 heavy (non-hydrogen) atoms. The normalized spacial score (nSPS) is 14.5. The van der Waals surface area contributed by atoms with E-state index in [9.17, 15) is 9.18 Å². The number of nitrogens with zero attached hydrogens (tertiary/aromatic N) is 4. The Kier molecular flexibility index (Phi) is 6.44. The molecule has 0 bridgehead atoms. The number of aryl methyl sites for hydroxylation is 1. The van der Waals surface area contributed by atoms with Gasteiger partial charge in [0, 0.05) is 44.1 Å². The summed E-state index contributed by atoms with van der Waals surface area (Å²) in [5.41, 5.74) is 2.20. The maximum atomic E-state index is 13.1. The fraction of sp³-hybridized carbons (Fsp3) is 0.476. The number of hydrogen-bond acceptors (Lipinski definition) is 5. The van der Waals surface area contributed by atoms with Gasteiger partial charge in [0.1, 0.15) is 11.5 Å². The van der Waals surface area contributed by atoms with Gasteiger partial charge in [-0.2, -0.15) is 0 Å². The van der Waals surface area contributed by atoms with Crippen LogP contribution >= 0.6 is 0 Å².